The maximum Gasteiger partial charge on any atom is 0.260 e. The van der Waals surface area contributed by atoms with Crippen molar-refractivity contribution < 1.29 is 24.1 Å². The molecule has 0 bridgehead atoms. The van der Waals surface area contributed by atoms with Gasteiger partial charge in [0.1, 0.15) is 5.75 Å². The number of piperidine rings is 1. The van der Waals surface area contributed by atoms with Gasteiger partial charge in [0.15, 0.2) is 6.61 Å². The van der Waals surface area contributed by atoms with E-state index in [9.17, 15) is 9.90 Å². The Morgan fingerprint density at radius 1 is 1.24 bits per heavy atom. The van der Waals surface area contributed by atoms with Crippen molar-refractivity contribution >= 4 is 5.91 Å². The lowest BCUT2D eigenvalue weighted by Crippen LogP contribution is -2.46. The Labute approximate surface area is 198 Å². The minimum Gasteiger partial charge on any atom is -0.483 e. The minimum absolute atomic E-state index is 0.0444. The van der Waals surface area contributed by atoms with E-state index < -0.39 is 5.60 Å². The maximum absolute atomic E-state index is 12.8. The van der Waals surface area contributed by atoms with Crippen LogP contribution in [-0.2, 0) is 14.3 Å². The lowest BCUT2D eigenvalue weighted by atomic mass is 9.74. The molecule has 3 heterocycles. The molecule has 4 rings (SSSR count). The Bertz CT molecular complexity index is 839. The first-order valence-corrected chi connectivity index (χ1v) is 12.5. The lowest BCUT2D eigenvalue weighted by Gasteiger charge is -2.39. The number of nitrogens with zero attached hydrogens (tertiary/aromatic N) is 1. The third-order valence-electron chi connectivity index (χ3n) is 8.06. The standard InChI is InChI=1S/C27H41NO5/c1-19(2)20-8-6-7-9-21(20)31-17-24(29)28-14-12-27(13-15-28)16-23(32-18-27)26(5)11-10-22(33-26)25(3,4)30/h6-9,19,22-23,30H,10-18H2,1-5H3/t22-,23-,26-/m1/s1. The summed E-state index contributed by atoms with van der Waals surface area (Å²) in [4.78, 5) is 14.8. The van der Waals surface area contributed by atoms with Crippen molar-refractivity contribution in [2.24, 2.45) is 5.41 Å². The van der Waals surface area contributed by atoms with E-state index in [1.807, 2.05) is 36.9 Å². The topological polar surface area (TPSA) is 68.2 Å². The van der Waals surface area contributed by atoms with E-state index in [1.165, 1.54) is 0 Å². The number of likely N-dealkylation sites (tertiary alicyclic amines) is 1. The summed E-state index contributed by atoms with van der Waals surface area (Å²) in [5.74, 6) is 1.21. The number of hydrogen-bond acceptors (Lipinski definition) is 5. The van der Waals surface area contributed by atoms with Crippen LogP contribution >= 0.6 is 0 Å². The summed E-state index contributed by atoms with van der Waals surface area (Å²) >= 11 is 0. The van der Waals surface area contributed by atoms with Crippen molar-refractivity contribution in [3.8, 4) is 5.75 Å². The van der Waals surface area contributed by atoms with E-state index in [0.717, 1.165) is 63.1 Å². The second kappa shape index (κ2) is 9.20. The van der Waals surface area contributed by atoms with Crippen LogP contribution < -0.4 is 4.74 Å². The molecule has 3 aliphatic rings. The molecular weight excluding hydrogens is 418 g/mol. The molecule has 0 radical (unpaired) electrons. The molecule has 1 spiro atoms. The molecule has 6 nitrogen and oxygen atoms in total. The Hall–Kier alpha value is -1.63. The monoisotopic (exact) mass is 459 g/mol. The molecule has 3 aliphatic heterocycles. The number of rotatable bonds is 6. The third-order valence-corrected chi connectivity index (χ3v) is 8.06. The summed E-state index contributed by atoms with van der Waals surface area (Å²) in [6, 6.07) is 7.96. The normalized spacial score (nSPS) is 29.7. The van der Waals surface area contributed by atoms with Gasteiger partial charge in [-0.15, -0.1) is 0 Å². The zero-order valence-corrected chi connectivity index (χ0v) is 20.9. The second-order valence-electron chi connectivity index (χ2n) is 11.5. The predicted octanol–water partition coefficient (Wildman–Crippen LogP) is 4.30. The van der Waals surface area contributed by atoms with Gasteiger partial charge in [-0.2, -0.15) is 0 Å². The van der Waals surface area contributed by atoms with E-state index in [-0.39, 0.29) is 35.7 Å². The summed E-state index contributed by atoms with van der Waals surface area (Å²) in [5.41, 5.74) is 0.0636. The van der Waals surface area contributed by atoms with Gasteiger partial charge >= 0.3 is 0 Å². The van der Waals surface area contributed by atoms with Gasteiger partial charge in [0.05, 0.1) is 30.0 Å². The molecule has 6 heteroatoms. The number of ether oxygens (including phenoxy) is 3. The number of benzene rings is 1. The summed E-state index contributed by atoms with van der Waals surface area (Å²) < 4.78 is 18.5. The molecule has 0 saturated carbocycles. The molecule has 1 amide bonds. The quantitative estimate of drug-likeness (QED) is 0.687. The van der Waals surface area contributed by atoms with Crippen molar-refractivity contribution in [1.29, 1.82) is 0 Å². The Morgan fingerprint density at radius 3 is 2.58 bits per heavy atom. The zero-order valence-electron chi connectivity index (χ0n) is 20.9. The summed E-state index contributed by atoms with van der Waals surface area (Å²) in [6.45, 7) is 12.3. The molecule has 3 atom stereocenters. The molecule has 1 aromatic rings. The van der Waals surface area contributed by atoms with E-state index in [4.69, 9.17) is 14.2 Å². The van der Waals surface area contributed by atoms with Gasteiger partial charge in [0.2, 0.25) is 0 Å². The molecule has 0 unspecified atom stereocenters. The maximum atomic E-state index is 12.8. The molecule has 1 aromatic carbocycles. The Balaban J connectivity index is 1.28. The Morgan fingerprint density at radius 2 is 1.94 bits per heavy atom. The van der Waals surface area contributed by atoms with Crippen molar-refractivity contribution in [2.75, 3.05) is 26.3 Å². The smallest absolute Gasteiger partial charge is 0.260 e. The van der Waals surface area contributed by atoms with Gasteiger partial charge in [0, 0.05) is 13.1 Å². The number of hydrogen-bond donors (Lipinski definition) is 1. The Kier molecular flexibility index (Phi) is 6.83. The largest absolute Gasteiger partial charge is 0.483 e. The van der Waals surface area contributed by atoms with Crippen LogP contribution in [0, 0.1) is 5.41 Å². The molecule has 3 saturated heterocycles. The van der Waals surface area contributed by atoms with Crippen LogP contribution in [0.25, 0.3) is 0 Å². The first kappa shape index (κ1) is 24.5. The van der Waals surface area contributed by atoms with Crippen LogP contribution in [0.2, 0.25) is 0 Å². The fourth-order valence-electron chi connectivity index (χ4n) is 5.67. The highest BCUT2D eigenvalue weighted by Crippen LogP contribution is 2.49. The zero-order chi connectivity index (χ0) is 23.9. The molecule has 1 N–H and O–H groups in total. The van der Waals surface area contributed by atoms with Crippen molar-refractivity contribution in [3.63, 3.8) is 0 Å². The summed E-state index contributed by atoms with van der Waals surface area (Å²) in [6.07, 6.45) is 4.51. The number of carbonyl (C=O) groups excluding carboxylic acids is 1. The summed E-state index contributed by atoms with van der Waals surface area (Å²) in [7, 11) is 0. The second-order valence-corrected chi connectivity index (χ2v) is 11.5. The van der Waals surface area contributed by atoms with Gasteiger partial charge < -0.3 is 24.2 Å². The van der Waals surface area contributed by atoms with Gasteiger partial charge in [-0.1, -0.05) is 32.0 Å². The van der Waals surface area contributed by atoms with Gasteiger partial charge in [-0.25, -0.2) is 0 Å². The van der Waals surface area contributed by atoms with Crippen molar-refractivity contribution in [2.45, 2.75) is 96.1 Å². The molecule has 0 aromatic heterocycles. The average molecular weight is 460 g/mol. The van der Waals surface area contributed by atoms with Crippen LogP contribution in [0.4, 0.5) is 0 Å². The van der Waals surface area contributed by atoms with Crippen LogP contribution in [0.5, 0.6) is 5.75 Å². The molecular formula is C27H41NO5. The highest BCUT2D eigenvalue weighted by atomic mass is 16.6. The number of para-hydroxylation sites is 1. The predicted molar refractivity (Wildman–Crippen MR) is 127 cm³/mol. The van der Waals surface area contributed by atoms with Crippen molar-refractivity contribution in [3.05, 3.63) is 29.8 Å². The first-order valence-electron chi connectivity index (χ1n) is 12.5. The van der Waals surface area contributed by atoms with Gasteiger partial charge in [-0.05, 0) is 75.8 Å². The number of aliphatic hydroxyl groups is 1. The third kappa shape index (κ3) is 5.23. The average Bonchev–Trinajstić information content (AvgIpc) is 3.38. The molecule has 0 aliphatic carbocycles. The number of amides is 1. The van der Waals surface area contributed by atoms with E-state index in [2.05, 4.69) is 26.8 Å². The van der Waals surface area contributed by atoms with Crippen LogP contribution in [0.3, 0.4) is 0 Å². The number of carbonyl (C=O) groups is 1. The molecule has 33 heavy (non-hydrogen) atoms. The van der Waals surface area contributed by atoms with E-state index >= 15 is 0 Å². The minimum atomic E-state index is -0.836. The van der Waals surface area contributed by atoms with Crippen LogP contribution in [-0.4, -0.2) is 65.6 Å². The fourth-order valence-corrected chi connectivity index (χ4v) is 5.67. The lowest BCUT2D eigenvalue weighted by molar-refractivity contribution is -0.155. The highest BCUT2D eigenvalue weighted by Gasteiger charge is 2.53. The van der Waals surface area contributed by atoms with Crippen LogP contribution in [0.15, 0.2) is 24.3 Å². The van der Waals surface area contributed by atoms with Crippen LogP contribution in [0.1, 0.15) is 78.2 Å². The van der Waals surface area contributed by atoms with E-state index in [1.54, 1.807) is 0 Å². The molecule has 3 fully saturated rings. The van der Waals surface area contributed by atoms with Gasteiger partial charge in [-0.3, -0.25) is 4.79 Å². The first-order chi connectivity index (χ1) is 15.5. The highest BCUT2D eigenvalue weighted by molar-refractivity contribution is 5.78. The van der Waals surface area contributed by atoms with E-state index in [0.29, 0.717) is 5.92 Å². The van der Waals surface area contributed by atoms with Gasteiger partial charge in [0.25, 0.3) is 5.91 Å². The SMILES string of the molecule is CC(C)c1ccccc1OCC(=O)N1CCC2(CC1)CO[C@@H]([C@@]1(C)CC[C@H](C(C)(C)O)O1)C2. The van der Waals surface area contributed by atoms with Crippen molar-refractivity contribution in [1.82, 2.24) is 4.90 Å². The molecule has 184 valence electrons. The summed E-state index contributed by atoms with van der Waals surface area (Å²) in [5, 5.41) is 10.4. The fraction of sp³-hybridized carbons (Fsp3) is 0.741.